The van der Waals surface area contributed by atoms with Crippen LogP contribution in [0, 0.1) is 5.82 Å². The van der Waals surface area contributed by atoms with E-state index in [1.165, 1.54) is 16.4 Å². The van der Waals surface area contributed by atoms with Gasteiger partial charge in [-0.25, -0.2) is 12.8 Å². The molecule has 0 spiro atoms. The molecule has 1 aromatic rings. The van der Waals surface area contributed by atoms with Crippen LogP contribution >= 0.6 is 0 Å². The van der Waals surface area contributed by atoms with Gasteiger partial charge in [-0.3, -0.25) is 0 Å². The highest BCUT2D eigenvalue weighted by Gasteiger charge is 2.30. The Morgan fingerprint density at radius 1 is 1.38 bits per heavy atom. The Bertz CT molecular complexity index is 598. The Labute approximate surface area is 125 Å². The Morgan fingerprint density at radius 2 is 2.00 bits per heavy atom. The molecule has 0 bridgehead atoms. The van der Waals surface area contributed by atoms with E-state index in [-0.39, 0.29) is 16.6 Å². The van der Waals surface area contributed by atoms with Crippen molar-refractivity contribution in [1.29, 1.82) is 0 Å². The molecule has 0 atom stereocenters. The SMILES string of the molecule is CCN1CCC(N(C)S(=O)(=O)c2ccc(F)c(N)c2)CC1. The third kappa shape index (κ3) is 3.36. The first-order valence-corrected chi connectivity index (χ1v) is 8.55. The Balaban J connectivity index is 2.17. The predicted molar refractivity (Wildman–Crippen MR) is 80.9 cm³/mol. The number of halogens is 1. The van der Waals surface area contributed by atoms with Gasteiger partial charge in [0.25, 0.3) is 0 Å². The number of piperidine rings is 1. The molecule has 2 rings (SSSR count). The van der Waals surface area contributed by atoms with Crippen molar-refractivity contribution in [3.05, 3.63) is 24.0 Å². The fourth-order valence-electron chi connectivity index (χ4n) is 2.64. The smallest absolute Gasteiger partial charge is 0.243 e. The molecule has 0 aliphatic carbocycles. The predicted octanol–water partition coefficient (Wildman–Crippen LogP) is 1.51. The summed E-state index contributed by atoms with van der Waals surface area (Å²) in [6.07, 6.45) is 1.61. The first-order chi connectivity index (χ1) is 9.86. The normalized spacial score (nSPS) is 18.3. The number of sulfonamides is 1. The number of nitrogens with zero attached hydrogens (tertiary/aromatic N) is 2. The van der Waals surface area contributed by atoms with E-state index in [1.807, 2.05) is 0 Å². The fourth-order valence-corrected chi connectivity index (χ4v) is 4.10. The van der Waals surface area contributed by atoms with Gasteiger partial charge in [0.1, 0.15) is 5.82 Å². The Hall–Kier alpha value is -1.18. The summed E-state index contributed by atoms with van der Waals surface area (Å²) in [7, 11) is -2.05. The van der Waals surface area contributed by atoms with Gasteiger partial charge in [-0.05, 0) is 50.7 Å². The Kier molecular flexibility index (Phi) is 4.85. The van der Waals surface area contributed by atoms with Crippen LogP contribution in [0.3, 0.4) is 0 Å². The van der Waals surface area contributed by atoms with Gasteiger partial charge in [-0.2, -0.15) is 4.31 Å². The quantitative estimate of drug-likeness (QED) is 0.855. The van der Waals surface area contributed by atoms with Gasteiger partial charge in [-0.1, -0.05) is 6.92 Å². The summed E-state index contributed by atoms with van der Waals surface area (Å²) < 4.78 is 39.7. The number of anilines is 1. The van der Waals surface area contributed by atoms with E-state index >= 15 is 0 Å². The average Bonchev–Trinajstić information content (AvgIpc) is 2.49. The van der Waals surface area contributed by atoms with E-state index in [0.717, 1.165) is 38.5 Å². The molecule has 0 aromatic heterocycles. The van der Waals surface area contributed by atoms with E-state index < -0.39 is 15.8 Å². The third-order valence-corrected chi connectivity index (χ3v) is 6.07. The fraction of sp³-hybridized carbons (Fsp3) is 0.571. The van der Waals surface area contributed by atoms with Gasteiger partial charge >= 0.3 is 0 Å². The number of nitrogens with two attached hydrogens (primary N) is 1. The second-order valence-corrected chi connectivity index (χ2v) is 7.37. The van der Waals surface area contributed by atoms with E-state index in [4.69, 9.17) is 5.73 Å². The molecule has 2 N–H and O–H groups in total. The molecule has 1 aliphatic heterocycles. The molecular weight excluding hydrogens is 293 g/mol. The number of likely N-dealkylation sites (tertiary alicyclic amines) is 1. The minimum absolute atomic E-state index is 0.0240. The zero-order valence-corrected chi connectivity index (χ0v) is 13.2. The van der Waals surface area contributed by atoms with Crippen LogP contribution in [0.4, 0.5) is 10.1 Å². The second-order valence-electron chi connectivity index (χ2n) is 5.37. The van der Waals surface area contributed by atoms with Crippen molar-refractivity contribution in [3.8, 4) is 0 Å². The molecule has 0 saturated carbocycles. The second kappa shape index (κ2) is 6.29. The first-order valence-electron chi connectivity index (χ1n) is 7.11. The van der Waals surface area contributed by atoms with Crippen molar-refractivity contribution in [2.24, 2.45) is 0 Å². The van der Waals surface area contributed by atoms with Crippen LogP contribution in [0.5, 0.6) is 0 Å². The van der Waals surface area contributed by atoms with Crippen LogP contribution in [-0.4, -0.2) is 50.3 Å². The lowest BCUT2D eigenvalue weighted by Gasteiger charge is -2.35. The molecule has 1 aromatic carbocycles. The summed E-state index contributed by atoms with van der Waals surface area (Å²) in [5.74, 6) is -0.604. The van der Waals surface area contributed by atoms with Crippen molar-refractivity contribution in [3.63, 3.8) is 0 Å². The maximum Gasteiger partial charge on any atom is 0.243 e. The van der Waals surface area contributed by atoms with E-state index in [9.17, 15) is 12.8 Å². The molecular formula is C14H22FN3O2S. The van der Waals surface area contributed by atoms with Gasteiger partial charge in [0.05, 0.1) is 10.6 Å². The Morgan fingerprint density at radius 3 is 2.52 bits per heavy atom. The van der Waals surface area contributed by atoms with Crippen molar-refractivity contribution >= 4 is 15.7 Å². The van der Waals surface area contributed by atoms with Crippen molar-refractivity contribution in [1.82, 2.24) is 9.21 Å². The van der Waals surface area contributed by atoms with Gasteiger partial charge in [0.15, 0.2) is 0 Å². The molecule has 1 saturated heterocycles. The molecule has 1 fully saturated rings. The van der Waals surface area contributed by atoms with Crippen LogP contribution in [-0.2, 0) is 10.0 Å². The average molecular weight is 315 g/mol. The summed E-state index contributed by atoms with van der Waals surface area (Å²) in [6, 6.07) is 3.51. The molecule has 0 unspecified atom stereocenters. The summed E-state index contributed by atoms with van der Waals surface area (Å²) in [6.45, 7) is 4.87. The lowest BCUT2D eigenvalue weighted by Crippen LogP contribution is -2.45. The highest BCUT2D eigenvalue weighted by molar-refractivity contribution is 7.89. The molecule has 118 valence electrons. The van der Waals surface area contributed by atoms with Crippen molar-refractivity contribution in [2.75, 3.05) is 32.4 Å². The number of hydrogen-bond donors (Lipinski definition) is 1. The van der Waals surface area contributed by atoms with Crippen LogP contribution in [0.15, 0.2) is 23.1 Å². The molecule has 21 heavy (non-hydrogen) atoms. The van der Waals surface area contributed by atoms with Gasteiger partial charge in [0.2, 0.25) is 10.0 Å². The van der Waals surface area contributed by atoms with Crippen molar-refractivity contribution < 1.29 is 12.8 Å². The summed E-state index contributed by atoms with van der Waals surface area (Å²) >= 11 is 0. The molecule has 1 heterocycles. The molecule has 7 heteroatoms. The van der Waals surface area contributed by atoms with E-state index in [1.54, 1.807) is 7.05 Å². The third-order valence-electron chi connectivity index (χ3n) is 4.16. The topological polar surface area (TPSA) is 66.6 Å². The lowest BCUT2D eigenvalue weighted by molar-refractivity contribution is 0.176. The first kappa shape index (κ1) is 16.2. The number of nitrogen functional groups attached to an aromatic ring is 1. The summed E-state index contributed by atoms with van der Waals surface area (Å²) in [5.41, 5.74) is 5.32. The van der Waals surface area contributed by atoms with Crippen LogP contribution < -0.4 is 5.73 Å². The number of hydrogen-bond acceptors (Lipinski definition) is 4. The monoisotopic (exact) mass is 315 g/mol. The van der Waals surface area contributed by atoms with Crippen LogP contribution in [0.25, 0.3) is 0 Å². The molecule has 5 nitrogen and oxygen atoms in total. The highest BCUT2D eigenvalue weighted by Crippen LogP contribution is 2.24. The maximum absolute atomic E-state index is 13.2. The summed E-state index contributed by atoms with van der Waals surface area (Å²) in [4.78, 5) is 2.34. The summed E-state index contributed by atoms with van der Waals surface area (Å²) in [5, 5.41) is 0. The molecule has 0 amide bonds. The van der Waals surface area contributed by atoms with E-state index in [2.05, 4.69) is 11.8 Å². The molecule has 0 radical (unpaired) electrons. The zero-order chi connectivity index (χ0) is 15.6. The van der Waals surface area contributed by atoms with Crippen LogP contribution in [0.2, 0.25) is 0 Å². The minimum atomic E-state index is -3.63. The van der Waals surface area contributed by atoms with Gasteiger partial charge < -0.3 is 10.6 Å². The van der Waals surface area contributed by atoms with Gasteiger partial charge in [-0.15, -0.1) is 0 Å². The largest absolute Gasteiger partial charge is 0.396 e. The standard InChI is InChI=1S/C14H22FN3O2S/c1-3-18-8-6-11(7-9-18)17(2)21(19,20)12-4-5-13(15)14(16)10-12/h4-5,10-11H,3,6-9,16H2,1-2H3. The minimum Gasteiger partial charge on any atom is -0.396 e. The highest BCUT2D eigenvalue weighted by atomic mass is 32.2. The van der Waals surface area contributed by atoms with E-state index in [0.29, 0.717) is 0 Å². The van der Waals surface area contributed by atoms with Gasteiger partial charge in [0, 0.05) is 13.1 Å². The zero-order valence-electron chi connectivity index (χ0n) is 12.4. The number of rotatable bonds is 4. The van der Waals surface area contributed by atoms with Crippen molar-refractivity contribution in [2.45, 2.75) is 30.7 Å². The maximum atomic E-state index is 13.2. The molecule has 1 aliphatic rings. The number of benzene rings is 1. The lowest BCUT2D eigenvalue weighted by atomic mass is 10.1. The van der Waals surface area contributed by atoms with Crippen LogP contribution in [0.1, 0.15) is 19.8 Å².